The zero-order valence-corrected chi connectivity index (χ0v) is 11.4. The molecule has 0 aliphatic carbocycles. The standard InChI is InChI=1S/C15H15N3O3/c1-21-14-8-10(6-7-13(14)19)9-17-18-15(20)11-4-2-3-5-12(11)16/h2-9,19H,16H2,1H3,(H,18,20)/b17-9-. The van der Waals surface area contributed by atoms with Crippen molar-refractivity contribution in [3.05, 3.63) is 53.6 Å². The van der Waals surface area contributed by atoms with E-state index in [4.69, 9.17) is 10.5 Å². The number of hydrogen-bond acceptors (Lipinski definition) is 5. The molecule has 0 fully saturated rings. The minimum atomic E-state index is -0.393. The van der Waals surface area contributed by atoms with E-state index in [0.29, 0.717) is 22.6 Å². The molecule has 0 heterocycles. The van der Waals surface area contributed by atoms with Crippen molar-refractivity contribution in [2.75, 3.05) is 12.8 Å². The molecule has 0 aliphatic heterocycles. The van der Waals surface area contributed by atoms with Gasteiger partial charge in [0.25, 0.3) is 5.91 Å². The molecular weight excluding hydrogens is 270 g/mol. The van der Waals surface area contributed by atoms with Crippen LogP contribution in [0.3, 0.4) is 0 Å². The number of nitrogens with two attached hydrogens (primary N) is 1. The largest absolute Gasteiger partial charge is 0.504 e. The van der Waals surface area contributed by atoms with E-state index in [2.05, 4.69) is 10.5 Å². The highest BCUT2D eigenvalue weighted by Crippen LogP contribution is 2.25. The van der Waals surface area contributed by atoms with E-state index in [1.54, 1.807) is 36.4 Å². The Morgan fingerprint density at radius 2 is 2.10 bits per heavy atom. The summed E-state index contributed by atoms with van der Waals surface area (Å²) in [5.41, 5.74) is 9.51. The van der Waals surface area contributed by atoms with Gasteiger partial charge in [0, 0.05) is 5.69 Å². The average molecular weight is 285 g/mol. The van der Waals surface area contributed by atoms with E-state index in [-0.39, 0.29) is 5.75 Å². The van der Waals surface area contributed by atoms with Crippen LogP contribution in [0.2, 0.25) is 0 Å². The molecule has 1 amide bonds. The molecule has 0 aliphatic rings. The Balaban J connectivity index is 2.06. The highest BCUT2D eigenvalue weighted by molar-refractivity contribution is 5.99. The van der Waals surface area contributed by atoms with Gasteiger partial charge in [-0.3, -0.25) is 4.79 Å². The Kier molecular flexibility index (Phi) is 4.40. The second-order valence-corrected chi connectivity index (χ2v) is 4.22. The predicted molar refractivity (Wildman–Crippen MR) is 80.6 cm³/mol. The number of hydrazone groups is 1. The second kappa shape index (κ2) is 6.42. The van der Waals surface area contributed by atoms with Gasteiger partial charge in [-0.15, -0.1) is 0 Å². The fourth-order valence-electron chi connectivity index (χ4n) is 1.70. The number of hydrogen-bond donors (Lipinski definition) is 3. The minimum absolute atomic E-state index is 0.0377. The first-order valence-corrected chi connectivity index (χ1v) is 6.16. The summed E-state index contributed by atoms with van der Waals surface area (Å²) in [6, 6.07) is 11.5. The van der Waals surface area contributed by atoms with E-state index in [0.717, 1.165) is 0 Å². The summed E-state index contributed by atoms with van der Waals surface area (Å²) in [4.78, 5) is 11.9. The lowest BCUT2D eigenvalue weighted by atomic mass is 10.2. The Morgan fingerprint density at radius 3 is 2.81 bits per heavy atom. The lowest BCUT2D eigenvalue weighted by Crippen LogP contribution is -2.18. The number of methoxy groups -OCH3 is 1. The van der Waals surface area contributed by atoms with E-state index in [1.807, 2.05) is 0 Å². The molecule has 6 nitrogen and oxygen atoms in total. The molecule has 6 heteroatoms. The van der Waals surface area contributed by atoms with Gasteiger partial charge in [0.1, 0.15) is 0 Å². The third-order valence-electron chi connectivity index (χ3n) is 2.79. The molecule has 0 spiro atoms. The van der Waals surface area contributed by atoms with Crippen LogP contribution >= 0.6 is 0 Å². The van der Waals surface area contributed by atoms with Crippen LogP contribution in [0.15, 0.2) is 47.6 Å². The summed E-state index contributed by atoms with van der Waals surface area (Å²) < 4.78 is 4.98. The molecule has 0 radical (unpaired) electrons. The van der Waals surface area contributed by atoms with E-state index in [9.17, 15) is 9.90 Å². The molecular formula is C15H15N3O3. The van der Waals surface area contributed by atoms with Crippen LogP contribution < -0.4 is 15.9 Å². The normalized spacial score (nSPS) is 10.5. The van der Waals surface area contributed by atoms with Crippen LogP contribution in [-0.4, -0.2) is 24.3 Å². The highest BCUT2D eigenvalue weighted by Gasteiger charge is 2.07. The molecule has 4 N–H and O–H groups in total. The summed E-state index contributed by atoms with van der Waals surface area (Å²) in [5.74, 6) is -0.0246. The molecule has 0 saturated carbocycles. The first-order chi connectivity index (χ1) is 10.1. The van der Waals surface area contributed by atoms with Crippen molar-refractivity contribution in [2.24, 2.45) is 5.10 Å². The van der Waals surface area contributed by atoms with E-state index in [1.165, 1.54) is 19.4 Å². The number of carbonyl (C=O) groups is 1. The molecule has 0 saturated heterocycles. The van der Waals surface area contributed by atoms with Crippen LogP contribution in [0.4, 0.5) is 5.69 Å². The number of nitrogens with one attached hydrogen (secondary N) is 1. The number of ether oxygens (including phenoxy) is 1. The number of nitrogen functional groups attached to an aromatic ring is 1. The smallest absolute Gasteiger partial charge is 0.273 e. The summed E-state index contributed by atoms with van der Waals surface area (Å²) in [5, 5.41) is 13.3. The summed E-state index contributed by atoms with van der Waals surface area (Å²) >= 11 is 0. The fourth-order valence-corrected chi connectivity index (χ4v) is 1.70. The first-order valence-electron chi connectivity index (χ1n) is 6.16. The van der Waals surface area contributed by atoms with Gasteiger partial charge >= 0.3 is 0 Å². The van der Waals surface area contributed by atoms with Crippen molar-refractivity contribution in [1.82, 2.24) is 5.43 Å². The minimum Gasteiger partial charge on any atom is -0.504 e. The van der Waals surface area contributed by atoms with Crippen molar-refractivity contribution in [2.45, 2.75) is 0 Å². The summed E-state index contributed by atoms with van der Waals surface area (Å²) in [6.45, 7) is 0. The maximum Gasteiger partial charge on any atom is 0.273 e. The van der Waals surface area contributed by atoms with Crippen LogP contribution in [0.1, 0.15) is 15.9 Å². The maximum atomic E-state index is 11.9. The Morgan fingerprint density at radius 1 is 1.33 bits per heavy atom. The van der Waals surface area contributed by atoms with Gasteiger partial charge in [-0.2, -0.15) is 5.10 Å². The van der Waals surface area contributed by atoms with Gasteiger partial charge in [0.05, 0.1) is 18.9 Å². The number of aromatic hydroxyl groups is 1. The molecule has 0 unspecified atom stereocenters. The highest BCUT2D eigenvalue weighted by atomic mass is 16.5. The molecule has 0 aromatic heterocycles. The summed E-state index contributed by atoms with van der Waals surface area (Å²) in [7, 11) is 1.45. The zero-order chi connectivity index (χ0) is 15.2. The Labute approximate surface area is 121 Å². The van der Waals surface area contributed by atoms with Crippen molar-refractivity contribution in [3.63, 3.8) is 0 Å². The van der Waals surface area contributed by atoms with Gasteiger partial charge in [-0.05, 0) is 35.9 Å². The van der Waals surface area contributed by atoms with Crippen molar-refractivity contribution >= 4 is 17.8 Å². The number of para-hydroxylation sites is 1. The molecule has 21 heavy (non-hydrogen) atoms. The number of nitrogens with zero attached hydrogens (tertiary/aromatic N) is 1. The zero-order valence-electron chi connectivity index (χ0n) is 11.4. The molecule has 0 atom stereocenters. The number of amides is 1. The van der Waals surface area contributed by atoms with Gasteiger partial charge in [0.15, 0.2) is 11.5 Å². The molecule has 0 bridgehead atoms. The second-order valence-electron chi connectivity index (χ2n) is 4.22. The summed E-state index contributed by atoms with van der Waals surface area (Å²) in [6.07, 6.45) is 1.44. The van der Waals surface area contributed by atoms with Crippen LogP contribution in [0.5, 0.6) is 11.5 Å². The van der Waals surface area contributed by atoms with Gasteiger partial charge in [0.2, 0.25) is 0 Å². The third-order valence-corrected chi connectivity index (χ3v) is 2.79. The average Bonchev–Trinajstić information content (AvgIpc) is 2.49. The van der Waals surface area contributed by atoms with Crippen LogP contribution in [-0.2, 0) is 0 Å². The van der Waals surface area contributed by atoms with Gasteiger partial charge in [-0.25, -0.2) is 5.43 Å². The number of carbonyl (C=O) groups excluding carboxylic acids is 1. The van der Waals surface area contributed by atoms with E-state index < -0.39 is 5.91 Å². The fraction of sp³-hybridized carbons (Fsp3) is 0.0667. The predicted octanol–water partition coefficient (Wildman–Crippen LogP) is 1.75. The van der Waals surface area contributed by atoms with Crippen molar-refractivity contribution in [1.29, 1.82) is 0 Å². The third kappa shape index (κ3) is 3.50. The molecule has 108 valence electrons. The van der Waals surface area contributed by atoms with E-state index >= 15 is 0 Å². The Hall–Kier alpha value is -3.02. The lowest BCUT2D eigenvalue weighted by molar-refractivity contribution is 0.0956. The van der Waals surface area contributed by atoms with Crippen molar-refractivity contribution < 1.29 is 14.6 Å². The van der Waals surface area contributed by atoms with Crippen molar-refractivity contribution in [3.8, 4) is 11.5 Å². The van der Waals surface area contributed by atoms with Gasteiger partial charge in [-0.1, -0.05) is 12.1 Å². The first kappa shape index (κ1) is 14.4. The number of benzene rings is 2. The van der Waals surface area contributed by atoms with Crippen LogP contribution in [0, 0.1) is 0 Å². The quantitative estimate of drug-likeness (QED) is 0.453. The topological polar surface area (TPSA) is 96.9 Å². The number of anilines is 1. The molecule has 2 aromatic carbocycles. The molecule has 2 aromatic rings. The Bertz CT molecular complexity index is 684. The van der Waals surface area contributed by atoms with Gasteiger partial charge < -0.3 is 15.6 Å². The maximum absolute atomic E-state index is 11.9. The number of rotatable bonds is 4. The SMILES string of the molecule is COc1cc(/C=N\NC(=O)c2ccccc2N)ccc1O. The number of phenolic OH excluding ortho intramolecular Hbond substituents is 1. The number of phenols is 1. The molecule has 2 rings (SSSR count). The lowest BCUT2D eigenvalue weighted by Gasteiger charge is -2.04. The van der Waals surface area contributed by atoms with Crippen LogP contribution in [0.25, 0.3) is 0 Å². The monoisotopic (exact) mass is 285 g/mol.